The Morgan fingerprint density at radius 1 is 1.11 bits per heavy atom. The molecule has 3 heteroatoms. The third-order valence-corrected chi connectivity index (χ3v) is 2.75. The first kappa shape index (κ1) is 12.2. The Morgan fingerprint density at radius 2 is 1.89 bits per heavy atom. The smallest absolute Gasteiger partial charge is 0.0992 e. The van der Waals surface area contributed by atoms with Gasteiger partial charge in [-0.05, 0) is 23.8 Å². The minimum atomic E-state index is -0.0584. The highest BCUT2D eigenvalue weighted by molar-refractivity contribution is 5.49. The van der Waals surface area contributed by atoms with E-state index in [1.165, 1.54) is 0 Å². The monoisotopic (exact) mass is 237 g/mol. The number of anilines is 1. The van der Waals surface area contributed by atoms with Crippen LogP contribution in [0.3, 0.4) is 0 Å². The molecule has 0 aliphatic rings. The Morgan fingerprint density at radius 3 is 2.61 bits per heavy atom. The van der Waals surface area contributed by atoms with Crippen LogP contribution in [0.5, 0.6) is 0 Å². The second-order valence-corrected chi connectivity index (χ2v) is 4.09. The van der Waals surface area contributed by atoms with Gasteiger partial charge in [0.25, 0.3) is 0 Å². The molecular weight excluding hydrogens is 222 g/mol. The van der Waals surface area contributed by atoms with E-state index in [9.17, 15) is 0 Å². The standard InChI is InChI=1S/C15H15N3/c16-10-12-5-4-8-14(9-12)18-11-15(17)13-6-2-1-3-7-13/h1-9,15,18H,11,17H2. The predicted octanol–water partition coefficient (Wildman–Crippen LogP) is 2.67. The summed E-state index contributed by atoms with van der Waals surface area (Å²) < 4.78 is 0. The Labute approximate surface area is 107 Å². The van der Waals surface area contributed by atoms with Crippen molar-refractivity contribution in [2.24, 2.45) is 5.73 Å². The molecule has 3 nitrogen and oxygen atoms in total. The lowest BCUT2D eigenvalue weighted by Crippen LogP contribution is -2.20. The summed E-state index contributed by atoms with van der Waals surface area (Å²) in [5.74, 6) is 0. The Balaban J connectivity index is 1.97. The fourth-order valence-electron chi connectivity index (χ4n) is 1.74. The highest BCUT2D eigenvalue weighted by Gasteiger charge is 2.04. The molecule has 3 N–H and O–H groups in total. The van der Waals surface area contributed by atoms with E-state index in [2.05, 4.69) is 11.4 Å². The van der Waals surface area contributed by atoms with E-state index < -0.39 is 0 Å². The molecule has 90 valence electrons. The summed E-state index contributed by atoms with van der Waals surface area (Å²) in [5.41, 5.74) is 8.75. The molecule has 0 saturated heterocycles. The van der Waals surface area contributed by atoms with E-state index in [1.807, 2.05) is 48.5 Å². The van der Waals surface area contributed by atoms with Crippen molar-refractivity contribution < 1.29 is 0 Å². The summed E-state index contributed by atoms with van der Waals surface area (Å²) in [6.07, 6.45) is 0. The van der Waals surface area contributed by atoms with Crippen LogP contribution in [0.2, 0.25) is 0 Å². The minimum Gasteiger partial charge on any atom is -0.383 e. The normalized spacial score (nSPS) is 11.6. The zero-order valence-corrected chi connectivity index (χ0v) is 10.0. The fourth-order valence-corrected chi connectivity index (χ4v) is 1.74. The number of nitrogens with zero attached hydrogens (tertiary/aromatic N) is 1. The van der Waals surface area contributed by atoms with Crippen molar-refractivity contribution >= 4 is 5.69 Å². The molecule has 0 aliphatic carbocycles. The largest absolute Gasteiger partial charge is 0.383 e. The van der Waals surface area contributed by atoms with Gasteiger partial charge in [-0.1, -0.05) is 36.4 Å². The molecule has 0 amide bonds. The molecule has 0 spiro atoms. The summed E-state index contributed by atoms with van der Waals surface area (Å²) in [4.78, 5) is 0. The fraction of sp³-hybridized carbons (Fsp3) is 0.133. The second-order valence-electron chi connectivity index (χ2n) is 4.09. The molecule has 1 unspecified atom stereocenters. The lowest BCUT2D eigenvalue weighted by atomic mass is 10.1. The van der Waals surface area contributed by atoms with Gasteiger partial charge in [-0.3, -0.25) is 0 Å². The van der Waals surface area contributed by atoms with Crippen LogP contribution in [-0.2, 0) is 0 Å². The molecular formula is C15H15N3. The molecule has 2 rings (SSSR count). The van der Waals surface area contributed by atoms with Crippen molar-refractivity contribution in [3.8, 4) is 6.07 Å². The lowest BCUT2D eigenvalue weighted by molar-refractivity contribution is 0.764. The highest BCUT2D eigenvalue weighted by atomic mass is 14.9. The first-order valence-electron chi connectivity index (χ1n) is 5.84. The van der Waals surface area contributed by atoms with Crippen LogP contribution in [0, 0.1) is 11.3 Å². The molecule has 0 saturated carbocycles. The van der Waals surface area contributed by atoms with E-state index in [4.69, 9.17) is 11.0 Å². The number of nitriles is 1. The first-order valence-corrected chi connectivity index (χ1v) is 5.84. The molecule has 2 aromatic rings. The number of hydrogen-bond donors (Lipinski definition) is 2. The Kier molecular flexibility index (Phi) is 3.95. The average molecular weight is 237 g/mol. The van der Waals surface area contributed by atoms with Crippen molar-refractivity contribution in [1.29, 1.82) is 5.26 Å². The van der Waals surface area contributed by atoms with Gasteiger partial charge in [-0.2, -0.15) is 5.26 Å². The third-order valence-electron chi connectivity index (χ3n) is 2.75. The van der Waals surface area contributed by atoms with Gasteiger partial charge in [0.2, 0.25) is 0 Å². The van der Waals surface area contributed by atoms with Crippen molar-refractivity contribution in [3.63, 3.8) is 0 Å². The molecule has 0 aliphatic heterocycles. The second kappa shape index (κ2) is 5.85. The van der Waals surface area contributed by atoms with Crippen molar-refractivity contribution in [1.82, 2.24) is 0 Å². The van der Waals surface area contributed by atoms with Gasteiger partial charge in [-0.25, -0.2) is 0 Å². The zero-order chi connectivity index (χ0) is 12.8. The van der Waals surface area contributed by atoms with Crippen LogP contribution >= 0.6 is 0 Å². The van der Waals surface area contributed by atoms with Crippen LogP contribution in [0.25, 0.3) is 0 Å². The van der Waals surface area contributed by atoms with Gasteiger partial charge in [0, 0.05) is 18.3 Å². The van der Waals surface area contributed by atoms with Gasteiger partial charge in [0.15, 0.2) is 0 Å². The number of nitrogens with one attached hydrogen (secondary N) is 1. The summed E-state index contributed by atoms with van der Waals surface area (Å²) in [6, 6.07) is 19.4. The minimum absolute atomic E-state index is 0.0584. The molecule has 0 heterocycles. The maximum Gasteiger partial charge on any atom is 0.0992 e. The highest BCUT2D eigenvalue weighted by Crippen LogP contribution is 2.13. The topological polar surface area (TPSA) is 61.8 Å². The average Bonchev–Trinajstić information content (AvgIpc) is 2.46. The predicted molar refractivity (Wildman–Crippen MR) is 73.0 cm³/mol. The SMILES string of the molecule is N#Cc1cccc(NCC(N)c2ccccc2)c1. The quantitative estimate of drug-likeness (QED) is 0.859. The van der Waals surface area contributed by atoms with E-state index in [1.54, 1.807) is 6.07 Å². The van der Waals surface area contributed by atoms with Gasteiger partial charge in [-0.15, -0.1) is 0 Å². The van der Waals surface area contributed by atoms with Gasteiger partial charge in [0.05, 0.1) is 11.6 Å². The van der Waals surface area contributed by atoms with Crippen molar-refractivity contribution in [3.05, 3.63) is 65.7 Å². The molecule has 0 bridgehead atoms. The molecule has 0 fully saturated rings. The van der Waals surface area contributed by atoms with Crippen LogP contribution < -0.4 is 11.1 Å². The van der Waals surface area contributed by atoms with E-state index in [-0.39, 0.29) is 6.04 Å². The molecule has 0 aromatic heterocycles. The van der Waals surface area contributed by atoms with Gasteiger partial charge in [0.1, 0.15) is 0 Å². The van der Waals surface area contributed by atoms with Crippen molar-refractivity contribution in [2.75, 3.05) is 11.9 Å². The van der Waals surface area contributed by atoms with E-state index in [0.717, 1.165) is 11.3 Å². The van der Waals surface area contributed by atoms with Gasteiger partial charge >= 0.3 is 0 Å². The number of rotatable bonds is 4. The number of hydrogen-bond acceptors (Lipinski definition) is 3. The van der Waals surface area contributed by atoms with Gasteiger partial charge < -0.3 is 11.1 Å². The summed E-state index contributed by atoms with van der Waals surface area (Å²) in [6.45, 7) is 0.638. The third kappa shape index (κ3) is 3.09. The summed E-state index contributed by atoms with van der Waals surface area (Å²) >= 11 is 0. The van der Waals surface area contributed by atoms with Crippen LogP contribution in [-0.4, -0.2) is 6.54 Å². The van der Waals surface area contributed by atoms with Crippen LogP contribution in [0.15, 0.2) is 54.6 Å². The lowest BCUT2D eigenvalue weighted by Gasteiger charge is -2.14. The first-order chi connectivity index (χ1) is 8.79. The molecule has 1 atom stereocenters. The molecule has 2 aromatic carbocycles. The molecule has 0 radical (unpaired) electrons. The summed E-state index contributed by atoms with van der Waals surface area (Å²) in [7, 11) is 0. The van der Waals surface area contributed by atoms with E-state index >= 15 is 0 Å². The maximum absolute atomic E-state index is 8.81. The maximum atomic E-state index is 8.81. The molecule has 18 heavy (non-hydrogen) atoms. The van der Waals surface area contributed by atoms with Crippen molar-refractivity contribution in [2.45, 2.75) is 6.04 Å². The Bertz CT molecular complexity index is 543. The van der Waals surface area contributed by atoms with E-state index in [0.29, 0.717) is 12.1 Å². The van der Waals surface area contributed by atoms with Crippen LogP contribution in [0.4, 0.5) is 5.69 Å². The summed E-state index contributed by atoms with van der Waals surface area (Å²) in [5, 5.41) is 12.1. The van der Waals surface area contributed by atoms with Crippen LogP contribution in [0.1, 0.15) is 17.2 Å². The number of nitrogens with two attached hydrogens (primary N) is 1. The number of benzene rings is 2. The Hall–Kier alpha value is -2.31. The zero-order valence-electron chi connectivity index (χ0n) is 10.0.